The second-order valence-electron chi connectivity index (χ2n) is 5.27. The molecule has 1 heterocycles. The van der Waals surface area contributed by atoms with E-state index in [9.17, 15) is 9.59 Å². The van der Waals surface area contributed by atoms with E-state index in [0.29, 0.717) is 6.54 Å². The summed E-state index contributed by atoms with van der Waals surface area (Å²) in [7, 11) is 0. The summed E-state index contributed by atoms with van der Waals surface area (Å²) in [6.07, 6.45) is 1.57. The van der Waals surface area contributed by atoms with Crippen molar-refractivity contribution in [3.63, 3.8) is 0 Å². The first kappa shape index (κ1) is 15.4. The number of carboxylic acids is 1. The van der Waals surface area contributed by atoms with E-state index in [1.54, 1.807) is 6.20 Å². The number of carbonyl (C=O) groups excluding carboxylic acids is 1. The van der Waals surface area contributed by atoms with Crippen LogP contribution in [0.15, 0.2) is 11.6 Å². The molecule has 0 saturated heterocycles. The number of urea groups is 1. The third-order valence-corrected chi connectivity index (χ3v) is 3.39. The van der Waals surface area contributed by atoms with E-state index < -0.39 is 12.0 Å². The molecule has 0 aliphatic heterocycles. The summed E-state index contributed by atoms with van der Waals surface area (Å²) in [6, 6.07) is -0.808. The molecule has 7 heteroatoms. The molecule has 0 aliphatic rings. The van der Waals surface area contributed by atoms with Crippen molar-refractivity contribution in [3.8, 4) is 0 Å². The Bertz CT molecular complexity index is 426. The van der Waals surface area contributed by atoms with Gasteiger partial charge in [-0.25, -0.2) is 9.78 Å². The summed E-state index contributed by atoms with van der Waals surface area (Å²) < 4.78 is 0. The van der Waals surface area contributed by atoms with E-state index in [1.807, 2.05) is 26.2 Å². The molecule has 0 fully saturated rings. The SMILES string of the molecule is CC(C)(C)C(CC(=O)O)NC(=O)NCc1nccs1. The minimum Gasteiger partial charge on any atom is -0.481 e. The predicted molar refractivity (Wildman–Crippen MR) is 73.0 cm³/mol. The van der Waals surface area contributed by atoms with E-state index in [0.717, 1.165) is 5.01 Å². The average molecular weight is 285 g/mol. The number of nitrogens with zero attached hydrogens (tertiary/aromatic N) is 1. The van der Waals surface area contributed by atoms with Crippen LogP contribution in [-0.2, 0) is 11.3 Å². The first-order valence-corrected chi connectivity index (χ1v) is 6.81. The zero-order valence-corrected chi connectivity index (χ0v) is 12.1. The van der Waals surface area contributed by atoms with Crippen LogP contribution in [0.4, 0.5) is 4.79 Å². The van der Waals surface area contributed by atoms with Gasteiger partial charge in [-0.05, 0) is 5.41 Å². The van der Waals surface area contributed by atoms with Crippen molar-refractivity contribution >= 4 is 23.3 Å². The Kier molecular flexibility index (Phi) is 5.29. The first-order chi connectivity index (χ1) is 8.79. The molecule has 6 nitrogen and oxygen atoms in total. The summed E-state index contributed by atoms with van der Waals surface area (Å²) in [5.74, 6) is -0.930. The third-order valence-electron chi connectivity index (χ3n) is 2.61. The highest BCUT2D eigenvalue weighted by atomic mass is 32.1. The predicted octanol–water partition coefficient (Wildman–Crippen LogP) is 1.83. The molecule has 1 unspecified atom stereocenters. The van der Waals surface area contributed by atoms with Crippen LogP contribution >= 0.6 is 11.3 Å². The summed E-state index contributed by atoms with van der Waals surface area (Å²) in [6.45, 7) is 6.01. The molecule has 0 saturated carbocycles. The molecule has 0 bridgehead atoms. The molecule has 1 rings (SSSR count). The lowest BCUT2D eigenvalue weighted by Crippen LogP contribution is -2.48. The van der Waals surface area contributed by atoms with Crippen molar-refractivity contribution in [2.24, 2.45) is 5.41 Å². The standard InChI is InChI=1S/C12H19N3O3S/c1-12(2,3)8(6-10(16)17)15-11(18)14-7-9-13-4-5-19-9/h4-5,8H,6-7H2,1-3H3,(H,16,17)(H2,14,15,18). The molecule has 106 valence electrons. The molecule has 0 aliphatic carbocycles. The maximum atomic E-state index is 11.7. The molecule has 1 aromatic heterocycles. The molecule has 0 spiro atoms. The van der Waals surface area contributed by atoms with Gasteiger partial charge in [0.2, 0.25) is 0 Å². The number of thiazole rings is 1. The number of rotatable bonds is 5. The second-order valence-corrected chi connectivity index (χ2v) is 6.25. The minimum atomic E-state index is -0.930. The number of aliphatic carboxylic acids is 1. The fourth-order valence-corrected chi connectivity index (χ4v) is 2.01. The number of hydrogen-bond donors (Lipinski definition) is 3. The van der Waals surface area contributed by atoms with Gasteiger partial charge in [-0.1, -0.05) is 20.8 Å². The van der Waals surface area contributed by atoms with Crippen LogP contribution in [0.25, 0.3) is 0 Å². The fourth-order valence-electron chi connectivity index (χ4n) is 1.45. The molecular formula is C12H19N3O3S. The second kappa shape index (κ2) is 6.51. The highest BCUT2D eigenvalue weighted by molar-refractivity contribution is 7.09. The molecular weight excluding hydrogens is 266 g/mol. The lowest BCUT2D eigenvalue weighted by molar-refractivity contribution is -0.138. The highest BCUT2D eigenvalue weighted by Crippen LogP contribution is 2.21. The molecule has 1 aromatic rings. The summed E-state index contributed by atoms with van der Waals surface area (Å²) in [5.41, 5.74) is -0.323. The van der Waals surface area contributed by atoms with Gasteiger partial charge < -0.3 is 15.7 Å². The van der Waals surface area contributed by atoms with Crippen LogP contribution in [0, 0.1) is 5.41 Å². The first-order valence-electron chi connectivity index (χ1n) is 5.93. The Labute approximate surface area is 116 Å². The molecule has 2 amide bonds. The van der Waals surface area contributed by atoms with Crippen LogP contribution in [-0.4, -0.2) is 28.1 Å². The average Bonchev–Trinajstić information content (AvgIpc) is 2.76. The van der Waals surface area contributed by atoms with Crippen molar-refractivity contribution in [1.29, 1.82) is 0 Å². The number of carbonyl (C=O) groups is 2. The van der Waals surface area contributed by atoms with E-state index in [-0.39, 0.29) is 17.9 Å². The van der Waals surface area contributed by atoms with Crippen molar-refractivity contribution in [3.05, 3.63) is 16.6 Å². The van der Waals surface area contributed by atoms with Gasteiger partial charge >= 0.3 is 12.0 Å². The number of nitrogens with one attached hydrogen (secondary N) is 2. The highest BCUT2D eigenvalue weighted by Gasteiger charge is 2.28. The van der Waals surface area contributed by atoms with Gasteiger partial charge in [0.25, 0.3) is 0 Å². The van der Waals surface area contributed by atoms with Gasteiger partial charge in [0.05, 0.1) is 13.0 Å². The number of carboxylic acid groups (broad SMARTS) is 1. The molecule has 0 radical (unpaired) electrons. The van der Waals surface area contributed by atoms with Crippen LogP contribution in [0.2, 0.25) is 0 Å². The Balaban J connectivity index is 2.49. The Morgan fingerprint density at radius 2 is 2.16 bits per heavy atom. The largest absolute Gasteiger partial charge is 0.481 e. The van der Waals surface area contributed by atoms with Crippen molar-refractivity contribution in [1.82, 2.24) is 15.6 Å². The molecule has 19 heavy (non-hydrogen) atoms. The molecule has 3 N–H and O–H groups in total. The lowest BCUT2D eigenvalue weighted by Gasteiger charge is -2.30. The minimum absolute atomic E-state index is 0.103. The summed E-state index contributed by atoms with van der Waals surface area (Å²) >= 11 is 1.45. The van der Waals surface area contributed by atoms with Crippen molar-refractivity contribution in [2.75, 3.05) is 0 Å². The van der Waals surface area contributed by atoms with Gasteiger partial charge in [0.15, 0.2) is 0 Å². The smallest absolute Gasteiger partial charge is 0.315 e. The molecule has 0 aromatic carbocycles. The van der Waals surface area contributed by atoms with Gasteiger partial charge in [0, 0.05) is 17.6 Å². The quantitative estimate of drug-likeness (QED) is 0.769. The van der Waals surface area contributed by atoms with Gasteiger partial charge in [-0.2, -0.15) is 0 Å². The van der Waals surface area contributed by atoms with Gasteiger partial charge in [-0.3, -0.25) is 4.79 Å². The van der Waals surface area contributed by atoms with Crippen molar-refractivity contribution in [2.45, 2.75) is 39.8 Å². The number of amides is 2. The van der Waals surface area contributed by atoms with Gasteiger partial charge in [0.1, 0.15) is 5.01 Å². The van der Waals surface area contributed by atoms with E-state index >= 15 is 0 Å². The van der Waals surface area contributed by atoms with Crippen LogP contribution < -0.4 is 10.6 Å². The topological polar surface area (TPSA) is 91.3 Å². The maximum absolute atomic E-state index is 11.7. The van der Waals surface area contributed by atoms with Crippen LogP contribution in [0.5, 0.6) is 0 Å². The van der Waals surface area contributed by atoms with E-state index in [2.05, 4.69) is 15.6 Å². The van der Waals surface area contributed by atoms with E-state index in [1.165, 1.54) is 11.3 Å². The van der Waals surface area contributed by atoms with Crippen LogP contribution in [0.1, 0.15) is 32.2 Å². The maximum Gasteiger partial charge on any atom is 0.315 e. The number of hydrogen-bond acceptors (Lipinski definition) is 4. The van der Waals surface area contributed by atoms with E-state index in [4.69, 9.17) is 5.11 Å². The zero-order valence-electron chi connectivity index (χ0n) is 11.3. The Hall–Kier alpha value is -1.63. The zero-order chi connectivity index (χ0) is 14.5. The van der Waals surface area contributed by atoms with Crippen molar-refractivity contribution < 1.29 is 14.7 Å². The van der Waals surface area contributed by atoms with Gasteiger partial charge in [-0.15, -0.1) is 11.3 Å². The fraction of sp³-hybridized carbons (Fsp3) is 0.583. The Morgan fingerprint density at radius 3 is 2.63 bits per heavy atom. The molecule has 1 atom stereocenters. The summed E-state index contributed by atoms with van der Waals surface area (Å²) in [4.78, 5) is 26.6. The van der Waals surface area contributed by atoms with Crippen LogP contribution in [0.3, 0.4) is 0 Å². The number of aromatic nitrogens is 1. The third kappa shape index (κ3) is 5.69. The monoisotopic (exact) mass is 285 g/mol. The normalized spacial score (nSPS) is 12.8. The Morgan fingerprint density at radius 1 is 1.47 bits per heavy atom. The summed E-state index contributed by atoms with van der Waals surface area (Å²) in [5, 5.41) is 16.9. The lowest BCUT2D eigenvalue weighted by atomic mass is 9.85.